The number of halogens is 1. The number of hydrogen-bond acceptors (Lipinski definition) is 3. The van der Waals surface area contributed by atoms with Crippen molar-refractivity contribution >= 4 is 11.6 Å². The van der Waals surface area contributed by atoms with Gasteiger partial charge >= 0.3 is 0 Å². The van der Waals surface area contributed by atoms with Gasteiger partial charge in [-0.3, -0.25) is 5.43 Å². The highest BCUT2D eigenvalue weighted by molar-refractivity contribution is 6.30. The van der Waals surface area contributed by atoms with E-state index in [0.29, 0.717) is 11.8 Å². The van der Waals surface area contributed by atoms with Crippen molar-refractivity contribution in [1.29, 1.82) is 0 Å². The summed E-state index contributed by atoms with van der Waals surface area (Å²) >= 11 is 5.69. The number of hydrazine groups is 1. The maximum Gasteiger partial charge on any atom is 0.151 e. The molecule has 0 radical (unpaired) electrons. The van der Waals surface area contributed by atoms with E-state index in [1.54, 1.807) is 19.2 Å². The number of hydrogen-bond donors (Lipinski definition) is 2. The van der Waals surface area contributed by atoms with Crippen LogP contribution in [0.2, 0.25) is 5.02 Å². The van der Waals surface area contributed by atoms with Crippen LogP contribution in [0, 0.1) is 0 Å². The molecule has 1 aromatic rings. The predicted octanol–water partition coefficient (Wildman–Crippen LogP) is 1.40. The summed E-state index contributed by atoms with van der Waals surface area (Å²) in [7, 11) is 1.78. The van der Waals surface area contributed by atoms with Crippen molar-refractivity contribution in [3.8, 4) is 5.75 Å². The average Bonchev–Trinajstić information content (AvgIpc) is 2.09. The first-order valence-electron chi connectivity index (χ1n) is 3.61. The van der Waals surface area contributed by atoms with Gasteiger partial charge in [-0.25, -0.2) is 5.43 Å². The summed E-state index contributed by atoms with van der Waals surface area (Å²) in [4.78, 5) is 0. The van der Waals surface area contributed by atoms with Gasteiger partial charge in [0.2, 0.25) is 0 Å². The van der Waals surface area contributed by atoms with Crippen LogP contribution in [0.4, 0.5) is 0 Å². The van der Waals surface area contributed by atoms with Gasteiger partial charge in [-0.15, -0.1) is 0 Å². The second-order valence-electron chi connectivity index (χ2n) is 2.17. The molecule has 3 nitrogen and oxygen atoms in total. The molecule has 12 heavy (non-hydrogen) atoms. The molecule has 0 unspecified atom stereocenters. The van der Waals surface area contributed by atoms with Crippen LogP contribution < -0.4 is 15.6 Å². The summed E-state index contributed by atoms with van der Waals surface area (Å²) in [6.45, 7) is 0.429. The van der Waals surface area contributed by atoms with Crippen molar-refractivity contribution in [1.82, 2.24) is 10.9 Å². The monoisotopic (exact) mass is 186 g/mol. The molecule has 0 aliphatic rings. The van der Waals surface area contributed by atoms with E-state index in [-0.39, 0.29) is 0 Å². The van der Waals surface area contributed by atoms with Crippen LogP contribution in [0.5, 0.6) is 5.75 Å². The minimum absolute atomic E-state index is 0.429. The van der Waals surface area contributed by atoms with E-state index in [9.17, 15) is 0 Å². The molecule has 0 heterocycles. The maximum absolute atomic E-state index is 5.69. The van der Waals surface area contributed by atoms with Gasteiger partial charge in [0.15, 0.2) is 6.73 Å². The van der Waals surface area contributed by atoms with Crippen LogP contribution >= 0.6 is 11.6 Å². The fourth-order valence-corrected chi connectivity index (χ4v) is 0.848. The standard InChI is InChI=1S/C8H11ClN2O/c1-10-11-6-12-8-4-2-7(9)3-5-8/h2-5,10-11H,6H2,1H3. The minimum Gasteiger partial charge on any atom is -0.477 e. The fourth-order valence-electron chi connectivity index (χ4n) is 0.722. The van der Waals surface area contributed by atoms with Gasteiger partial charge in [-0.1, -0.05) is 11.6 Å². The molecule has 0 aliphatic carbocycles. The minimum atomic E-state index is 0.429. The van der Waals surface area contributed by atoms with Crippen molar-refractivity contribution in [2.75, 3.05) is 13.8 Å². The topological polar surface area (TPSA) is 33.3 Å². The van der Waals surface area contributed by atoms with Gasteiger partial charge in [0, 0.05) is 5.02 Å². The number of ether oxygens (including phenoxy) is 1. The summed E-state index contributed by atoms with van der Waals surface area (Å²) in [5.74, 6) is 0.794. The van der Waals surface area contributed by atoms with E-state index in [2.05, 4.69) is 10.9 Å². The van der Waals surface area contributed by atoms with Crippen molar-refractivity contribution in [2.45, 2.75) is 0 Å². The largest absolute Gasteiger partial charge is 0.477 e. The molecule has 2 N–H and O–H groups in total. The van der Waals surface area contributed by atoms with Gasteiger partial charge in [0.05, 0.1) is 0 Å². The zero-order chi connectivity index (χ0) is 8.81. The van der Waals surface area contributed by atoms with E-state index < -0.39 is 0 Å². The van der Waals surface area contributed by atoms with E-state index in [0.717, 1.165) is 5.75 Å². The Labute approximate surface area is 76.6 Å². The summed E-state index contributed by atoms with van der Waals surface area (Å²) < 4.78 is 5.27. The quantitative estimate of drug-likeness (QED) is 0.424. The lowest BCUT2D eigenvalue weighted by Crippen LogP contribution is -2.31. The summed E-state index contributed by atoms with van der Waals surface area (Å²) in [5, 5.41) is 0.712. The summed E-state index contributed by atoms with van der Waals surface area (Å²) in [6, 6.07) is 7.21. The third kappa shape index (κ3) is 3.09. The predicted molar refractivity (Wildman–Crippen MR) is 49.1 cm³/mol. The van der Waals surface area contributed by atoms with Gasteiger partial charge in [-0.2, -0.15) is 0 Å². The molecule has 0 spiro atoms. The molecule has 0 bridgehead atoms. The van der Waals surface area contributed by atoms with Crippen molar-refractivity contribution < 1.29 is 4.74 Å². The second-order valence-corrected chi connectivity index (χ2v) is 2.61. The van der Waals surface area contributed by atoms with Crippen LogP contribution in [0.25, 0.3) is 0 Å². The molecular weight excluding hydrogens is 176 g/mol. The van der Waals surface area contributed by atoms with E-state index in [4.69, 9.17) is 16.3 Å². The van der Waals surface area contributed by atoms with Crippen LogP contribution in [0.15, 0.2) is 24.3 Å². The van der Waals surface area contributed by atoms with Crippen molar-refractivity contribution in [2.24, 2.45) is 0 Å². The lowest BCUT2D eigenvalue weighted by Gasteiger charge is -2.05. The molecule has 4 heteroatoms. The third-order valence-corrected chi connectivity index (χ3v) is 1.55. The summed E-state index contributed by atoms with van der Waals surface area (Å²) in [5.41, 5.74) is 5.55. The molecule has 0 saturated heterocycles. The van der Waals surface area contributed by atoms with Gasteiger partial charge in [-0.05, 0) is 31.3 Å². The lowest BCUT2D eigenvalue weighted by atomic mass is 10.3. The second kappa shape index (κ2) is 4.98. The van der Waals surface area contributed by atoms with Crippen LogP contribution in [-0.2, 0) is 0 Å². The molecule has 1 rings (SSSR count). The Morgan fingerprint density at radius 3 is 2.58 bits per heavy atom. The Morgan fingerprint density at radius 1 is 1.33 bits per heavy atom. The smallest absolute Gasteiger partial charge is 0.151 e. The highest BCUT2D eigenvalue weighted by atomic mass is 35.5. The third-order valence-electron chi connectivity index (χ3n) is 1.30. The maximum atomic E-state index is 5.69. The SMILES string of the molecule is CNNCOc1ccc(Cl)cc1. The van der Waals surface area contributed by atoms with Crippen molar-refractivity contribution in [3.05, 3.63) is 29.3 Å². The highest BCUT2D eigenvalue weighted by Crippen LogP contribution is 2.14. The van der Waals surface area contributed by atoms with E-state index >= 15 is 0 Å². The molecular formula is C8H11ClN2O. The van der Waals surface area contributed by atoms with E-state index in [1.165, 1.54) is 0 Å². The fraction of sp³-hybridized carbons (Fsp3) is 0.250. The van der Waals surface area contributed by atoms with Crippen LogP contribution in [0.1, 0.15) is 0 Å². The first-order chi connectivity index (χ1) is 5.83. The van der Waals surface area contributed by atoms with Gasteiger partial charge in [0.25, 0.3) is 0 Å². The Bertz CT molecular complexity index is 225. The number of nitrogens with one attached hydrogen (secondary N) is 2. The van der Waals surface area contributed by atoms with Crippen molar-refractivity contribution in [3.63, 3.8) is 0 Å². The average molecular weight is 187 g/mol. The van der Waals surface area contributed by atoms with Crippen LogP contribution in [-0.4, -0.2) is 13.8 Å². The van der Waals surface area contributed by atoms with Gasteiger partial charge in [0.1, 0.15) is 5.75 Å². The first-order valence-corrected chi connectivity index (χ1v) is 3.98. The molecule has 0 amide bonds. The highest BCUT2D eigenvalue weighted by Gasteiger charge is 1.91. The molecule has 1 aromatic carbocycles. The zero-order valence-corrected chi connectivity index (χ0v) is 7.56. The normalized spacial score (nSPS) is 9.83. The first kappa shape index (κ1) is 9.32. The Hall–Kier alpha value is -0.770. The number of rotatable bonds is 4. The number of benzene rings is 1. The molecule has 66 valence electrons. The molecule has 0 fully saturated rings. The van der Waals surface area contributed by atoms with Crippen LogP contribution in [0.3, 0.4) is 0 Å². The molecule has 0 atom stereocenters. The van der Waals surface area contributed by atoms with Gasteiger partial charge < -0.3 is 4.74 Å². The zero-order valence-electron chi connectivity index (χ0n) is 6.80. The molecule has 0 aromatic heterocycles. The Morgan fingerprint density at radius 2 is 2.00 bits per heavy atom. The molecule has 0 saturated carbocycles. The Balaban J connectivity index is 2.37. The molecule has 0 aliphatic heterocycles. The Kier molecular flexibility index (Phi) is 3.87. The summed E-state index contributed by atoms with van der Waals surface area (Å²) in [6.07, 6.45) is 0. The van der Waals surface area contributed by atoms with E-state index in [1.807, 2.05) is 12.1 Å². The lowest BCUT2D eigenvalue weighted by molar-refractivity contribution is 0.267.